The zero-order valence-electron chi connectivity index (χ0n) is 16.9. The summed E-state index contributed by atoms with van der Waals surface area (Å²) in [4.78, 5) is 11.1. The van der Waals surface area contributed by atoms with Crippen molar-refractivity contribution < 1.29 is 40.3 Å². The molecule has 0 aliphatic heterocycles. The number of alkyl halides is 3. The van der Waals surface area contributed by atoms with Gasteiger partial charge in [0.25, 0.3) is 10.0 Å². The Morgan fingerprint density at radius 2 is 1.75 bits per heavy atom. The highest BCUT2D eigenvalue weighted by atomic mass is 32.2. The second-order valence-corrected chi connectivity index (χ2v) is 8.33. The summed E-state index contributed by atoms with van der Waals surface area (Å²) >= 11 is 0. The molecule has 0 saturated heterocycles. The van der Waals surface area contributed by atoms with E-state index in [-0.39, 0.29) is 23.0 Å². The van der Waals surface area contributed by atoms with E-state index < -0.39 is 39.2 Å². The Morgan fingerprint density at radius 3 is 2.41 bits per heavy atom. The van der Waals surface area contributed by atoms with Gasteiger partial charge in [-0.05, 0) is 42.5 Å². The van der Waals surface area contributed by atoms with Crippen LogP contribution >= 0.6 is 0 Å². The first-order valence-corrected chi connectivity index (χ1v) is 10.5. The molecule has 0 fully saturated rings. The molecule has 3 aromatic rings. The molecule has 0 aliphatic rings. The predicted octanol–water partition coefficient (Wildman–Crippen LogP) is 4.49. The first-order chi connectivity index (χ1) is 15.1. The molecule has 2 aromatic carbocycles. The normalized spacial score (nSPS) is 11.8. The molecule has 0 spiro atoms. The van der Waals surface area contributed by atoms with Gasteiger partial charge in [-0.2, -0.15) is 13.2 Å². The van der Waals surface area contributed by atoms with E-state index in [0.29, 0.717) is 6.07 Å². The van der Waals surface area contributed by atoms with Gasteiger partial charge in [0.1, 0.15) is 11.5 Å². The number of carbonyl (C=O) groups excluding carboxylic acids is 1. The molecule has 0 unspecified atom stereocenters. The van der Waals surface area contributed by atoms with Crippen molar-refractivity contribution in [3.05, 3.63) is 77.7 Å². The van der Waals surface area contributed by atoms with Crippen LogP contribution in [-0.4, -0.2) is 28.6 Å². The van der Waals surface area contributed by atoms with Crippen LogP contribution in [0.5, 0.6) is 5.75 Å². The van der Waals surface area contributed by atoms with Crippen LogP contribution in [0.15, 0.2) is 70.0 Å². The fraction of sp³-hybridized carbons (Fsp3) is 0.190. The van der Waals surface area contributed by atoms with Crippen molar-refractivity contribution in [3.8, 4) is 5.75 Å². The highest BCUT2D eigenvalue weighted by Gasteiger charge is 2.34. The monoisotopic (exact) mass is 469 g/mol. The molecule has 3 rings (SSSR count). The number of nitrogens with zero attached hydrogens (tertiary/aromatic N) is 1. The summed E-state index contributed by atoms with van der Waals surface area (Å²) in [6.07, 6.45) is -4.72. The molecule has 7 nitrogen and oxygen atoms in total. The first-order valence-electron chi connectivity index (χ1n) is 9.08. The summed E-state index contributed by atoms with van der Waals surface area (Å²) in [6.45, 7) is -0.421. The summed E-state index contributed by atoms with van der Waals surface area (Å²) in [5.41, 5.74) is -1.03. The molecule has 1 heterocycles. The largest absolute Gasteiger partial charge is 0.495 e. The topological polar surface area (TPSA) is 86.0 Å². The molecule has 0 saturated carbocycles. The van der Waals surface area contributed by atoms with Crippen molar-refractivity contribution in [2.75, 3.05) is 18.5 Å². The summed E-state index contributed by atoms with van der Waals surface area (Å²) in [5, 5.41) is 0. The Bertz CT molecular complexity index is 1220. The van der Waals surface area contributed by atoms with E-state index in [2.05, 4.69) is 4.74 Å². The average molecular weight is 469 g/mol. The molecule has 0 amide bonds. The molecule has 32 heavy (non-hydrogen) atoms. The number of rotatable bonds is 7. The van der Waals surface area contributed by atoms with E-state index in [1.807, 2.05) is 0 Å². The van der Waals surface area contributed by atoms with E-state index in [9.17, 15) is 26.4 Å². The molecule has 0 radical (unpaired) electrons. The van der Waals surface area contributed by atoms with Gasteiger partial charge >= 0.3 is 12.1 Å². The molecule has 11 heteroatoms. The minimum Gasteiger partial charge on any atom is -0.495 e. The number of benzene rings is 2. The Kier molecular flexibility index (Phi) is 6.49. The summed E-state index contributed by atoms with van der Waals surface area (Å²) < 4.78 is 82.4. The fourth-order valence-corrected chi connectivity index (χ4v) is 4.40. The molecule has 0 bridgehead atoms. The van der Waals surface area contributed by atoms with Gasteiger partial charge in [0, 0.05) is 0 Å². The van der Waals surface area contributed by atoms with Gasteiger partial charge in [0.05, 0.1) is 36.9 Å². The number of methoxy groups -OCH3 is 2. The Hall–Kier alpha value is -3.47. The second-order valence-electron chi connectivity index (χ2n) is 6.47. The van der Waals surface area contributed by atoms with Crippen molar-refractivity contribution in [3.63, 3.8) is 0 Å². The maximum Gasteiger partial charge on any atom is 0.416 e. The number of anilines is 1. The van der Waals surface area contributed by atoms with Crippen LogP contribution in [-0.2, 0) is 27.5 Å². The van der Waals surface area contributed by atoms with Crippen LogP contribution in [0.2, 0.25) is 0 Å². The van der Waals surface area contributed by atoms with Crippen LogP contribution in [0.25, 0.3) is 0 Å². The number of ether oxygens (including phenoxy) is 2. The molecule has 170 valence electrons. The first kappa shape index (κ1) is 23.2. The summed E-state index contributed by atoms with van der Waals surface area (Å²) in [6, 6.07) is 12.2. The highest BCUT2D eigenvalue weighted by molar-refractivity contribution is 7.92. The number of hydrogen-bond acceptors (Lipinski definition) is 6. The minimum atomic E-state index is -4.72. The number of furan rings is 1. The smallest absolute Gasteiger partial charge is 0.416 e. The number of halogens is 3. The van der Waals surface area contributed by atoms with E-state index in [4.69, 9.17) is 9.15 Å². The zero-order chi connectivity index (χ0) is 23.5. The summed E-state index contributed by atoms with van der Waals surface area (Å²) in [5.74, 6) is -0.686. The number of sulfonamides is 1. The minimum absolute atomic E-state index is 0.0619. The van der Waals surface area contributed by atoms with Crippen LogP contribution in [0.1, 0.15) is 21.9 Å². The van der Waals surface area contributed by atoms with Gasteiger partial charge < -0.3 is 13.9 Å². The van der Waals surface area contributed by atoms with E-state index >= 15 is 0 Å². The molecule has 0 atom stereocenters. The maximum absolute atomic E-state index is 13.5. The molecular weight excluding hydrogens is 451 g/mol. The Morgan fingerprint density at radius 1 is 1.03 bits per heavy atom. The van der Waals surface area contributed by atoms with Gasteiger partial charge in [-0.1, -0.05) is 18.2 Å². The van der Waals surface area contributed by atoms with Gasteiger partial charge in [0.15, 0.2) is 0 Å². The SMILES string of the molecule is COC(=O)c1ccc(CN(c2ccccc2OC)S(=O)(=O)c2cccc(C(F)(F)F)c2)o1. The van der Waals surface area contributed by atoms with Crippen molar-refractivity contribution in [2.24, 2.45) is 0 Å². The third-order valence-electron chi connectivity index (χ3n) is 4.45. The third kappa shape index (κ3) is 4.72. The molecule has 0 aliphatic carbocycles. The maximum atomic E-state index is 13.5. The Labute approximate surface area is 182 Å². The fourth-order valence-electron chi connectivity index (χ4n) is 2.91. The average Bonchev–Trinajstić information content (AvgIpc) is 3.25. The number of para-hydroxylation sites is 2. The van der Waals surface area contributed by atoms with E-state index in [0.717, 1.165) is 29.6 Å². The van der Waals surface area contributed by atoms with Crippen LogP contribution < -0.4 is 9.04 Å². The number of esters is 1. The third-order valence-corrected chi connectivity index (χ3v) is 6.21. The lowest BCUT2D eigenvalue weighted by Gasteiger charge is -2.25. The van der Waals surface area contributed by atoms with Crippen molar-refractivity contribution in [1.29, 1.82) is 0 Å². The molecule has 1 aromatic heterocycles. The van der Waals surface area contributed by atoms with Gasteiger partial charge in [-0.3, -0.25) is 4.31 Å². The lowest BCUT2D eigenvalue weighted by Crippen LogP contribution is -2.31. The predicted molar refractivity (Wildman–Crippen MR) is 108 cm³/mol. The standard InChI is InChI=1S/C21H18F3NO6S/c1-29-18-9-4-3-8-17(18)25(13-15-10-11-19(31-15)20(26)30-2)32(27,28)16-7-5-6-14(12-16)21(22,23)24/h3-12H,13H2,1-2H3. The van der Waals surface area contributed by atoms with E-state index in [1.54, 1.807) is 12.1 Å². The van der Waals surface area contributed by atoms with Crippen LogP contribution in [0, 0.1) is 0 Å². The van der Waals surface area contributed by atoms with Gasteiger partial charge in [0.2, 0.25) is 5.76 Å². The number of carbonyl (C=O) groups is 1. The Balaban J connectivity index is 2.12. The number of hydrogen-bond donors (Lipinski definition) is 0. The van der Waals surface area contributed by atoms with Crippen molar-refractivity contribution >= 4 is 21.7 Å². The van der Waals surface area contributed by atoms with Crippen LogP contribution in [0.3, 0.4) is 0 Å². The van der Waals surface area contributed by atoms with Crippen LogP contribution in [0.4, 0.5) is 18.9 Å². The van der Waals surface area contributed by atoms with E-state index in [1.165, 1.54) is 31.4 Å². The van der Waals surface area contributed by atoms with Crippen molar-refractivity contribution in [2.45, 2.75) is 17.6 Å². The van der Waals surface area contributed by atoms with Crippen molar-refractivity contribution in [1.82, 2.24) is 0 Å². The lowest BCUT2D eigenvalue weighted by atomic mass is 10.2. The van der Waals surface area contributed by atoms with Gasteiger partial charge in [-0.15, -0.1) is 0 Å². The van der Waals surface area contributed by atoms with Gasteiger partial charge in [-0.25, -0.2) is 13.2 Å². The second kappa shape index (κ2) is 8.95. The summed E-state index contributed by atoms with van der Waals surface area (Å²) in [7, 11) is -2.02. The molecular formula is C21H18F3NO6S. The highest BCUT2D eigenvalue weighted by Crippen LogP contribution is 2.36. The zero-order valence-corrected chi connectivity index (χ0v) is 17.7. The quantitative estimate of drug-likeness (QED) is 0.474. The molecule has 0 N–H and O–H groups in total. The lowest BCUT2D eigenvalue weighted by molar-refractivity contribution is -0.137.